The number of amides is 1. The third-order valence-electron chi connectivity index (χ3n) is 4.04. The number of methoxy groups -OCH3 is 1. The van der Waals surface area contributed by atoms with Crippen molar-refractivity contribution in [3.63, 3.8) is 0 Å². The van der Waals surface area contributed by atoms with Gasteiger partial charge < -0.3 is 15.0 Å². The van der Waals surface area contributed by atoms with Crippen molar-refractivity contribution in [2.24, 2.45) is 0 Å². The second-order valence-electron chi connectivity index (χ2n) is 5.80. The molecule has 0 spiro atoms. The van der Waals surface area contributed by atoms with Crippen LogP contribution in [-0.2, 0) is 17.0 Å². The number of thioether (sulfide) groups is 1. The van der Waals surface area contributed by atoms with Gasteiger partial charge in [-0.25, -0.2) is 0 Å². The smallest absolute Gasteiger partial charge is 0.230 e. The molecule has 5 heteroatoms. The van der Waals surface area contributed by atoms with Gasteiger partial charge in [0, 0.05) is 29.4 Å². The van der Waals surface area contributed by atoms with E-state index in [2.05, 4.69) is 22.4 Å². The van der Waals surface area contributed by atoms with Crippen LogP contribution in [0.3, 0.4) is 0 Å². The number of carbonyl (C=O) groups is 1. The molecule has 3 rings (SSSR count). The van der Waals surface area contributed by atoms with Crippen LogP contribution in [0.2, 0.25) is 0 Å². The molecule has 1 heterocycles. The van der Waals surface area contributed by atoms with E-state index >= 15 is 0 Å². The summed E-state index contributed by atoms with van der Waals surface area (Å²) in [5.74, 6) is 2.26. The van der Waals surface area contributed by atoms with Crippen LogP contribution in [0.15, 0.2) is 54.7 Å². The van der Waals surface area contributed by atoms with Gasteiger partial charge in [0.05, 0.1) is 12.9 Å². The molecule has 3 aromatic rings. The van der Waals surface area contributed by atoms with Gasteiger partial charge in [-0.1, -0.05) is 30.3 Å². The van der Waals surface area contributed by atoms with Gasteiger partial charge in [-0.15, -0.1) is 11.8 Å². The molecule has 1 aromatic heterocycles. The largest absolute Gasteiger partial charge is 0.497 e. The fourth-order valence-electron chi connectivity index (χ4n) is 2.71. The van der Waals surface area contributed by atoms with Crippen LogP contribution in [0.25, 0.3) is 10.9 Å². The van der Waals surface area contributed by atoms with Gasteiger partial charge in [-0.2, -0.15) is 0 Å². The third kappa shape index (κ3) is 4.79. The van der Waals surface area contributed by atoms with Crippen LogP contribution in [0, 0.1) is 0 Å². The number of rotatable bonds is 8. The molecule has 130 valence electrons. The Morgan fingerprint density at radius 1 is 1.20 bits per heavy atom. The van der Waals surface area contributed by atoms with E-state index in [0.29, 0.717) is 12.3 Å². The molecule has 0 saturated heterocycles. The highest BCUT2D eigenvalue weighted by atomic mass is 32.2. The van der Waals surface area contributed by atoms with Crippen molar-refractivity contribution < 1.29 is 9.53 Å². The molecule has 1 amide bonds. The second kappa shape index (κ2) is 8.62. The van der Waals surface area contributed by atoms with Gasteiger partial charge in [0.25, 0.3) is 0 Å². The van der Waals surface area contributed by atoms with E-state index in [1.165, 1.54) is 11.1 Å². The minimum atomic E-state index is 0.0818. The van der Waals surface area contributed by atoms with Crippen molar-refractivity contribution in [2.75, 3.05) is 19.4 Å². The summed E-state index contributed by atoms with van der Waals surface area (Å²) in [6.07, 6.45) is 2.79. The molecule has 0 saturated carbocycles. The van der Waals surface area contributed by atoms with Gasteiger partial charge in [0.2, 0.25) is 5.91 Å². The predicted molar refractivity (Wildman–Crippen MR) is 104 cm³/mol. The van der Waals surface area contributed by atoms with Gasteiger partial charge in [-0.05, 0) is 35.7 Å². The van der Waals surface area contributed by atoms with Gasteiger partial charge in [0.15, 0.2) is 0 Å². The molecule has 4 nitrogen and oxygen atoms in total. The molecular formula is C20H22N2O2S. The first-order chi connectivity index (χ1) is 12.3. The molecule has 0 aliphatic carbocycles. The lowest BCUT2D eigenvalue weighted by molar-refractivity contribution is -0.118. The van der Waals surface area contributed by atoms with Crippen molar-refractivity contribution in [2.45, 2.75) is 12.2 Å². The standard InChI is InChI=1S/C20H22N2O2S/c1-24-17-7-8-19-18(11-17)16(12-22-19)9-10-21-20(23)14-25-13-15-5-3-2-4-6-15/h2-8,11-12,22H,9-10,13-14H2,1H3,(H,21,23). The molecule has 0 radical (unpaired) electrons. The van der Waals surface area contributed by atoms with Crippen molar-refractivity contribution in [1.82, 2.24) is 10.3 Å². The van der Waals surface area contributed by atoms with Crippen LogP contribution in [-0.4, -0.2) is 30.3 Å². The van der Waals surface area contributed by atoms with E-state index < -0.39 is 0 Å². The predicted octanol–water partition coefficient (Wildman–Crippen LogP) is 3.77. The summed E-state index contributed by atoms with van der Waals surface area (Å²) < 4.78 is 5.28. The Morgan fingerprint density at radius 2 is 2.04 bits per heavy atom. The maximum absolute atomic E-state index is 12.0. The summed E-state index contributed by atoms with van der Waals surface area (Å²) in [7, 11) is 1.67. The average molecular weight is 354 g/mol. The number of ether oxygens (including phenoxy) is 1. The van der Waals surface area contributed by atoms with Crippen LogP contribution >= 0.6 is 11.8 Å². The summed E-state index contributed by atoms with van der Waals surface area (Å²) in [5.41, 5.74) is 3.51. The van der Waals surface area contributed by atoms with Gasteiger partial charge >= 0.3 is 0 Å². The van der Waals surface area contributed by atoms with E-state index in [4.69, 9.17) is 4.74 Å². The van der Waals surface area contributed by atoms with Crippen molar-refractivity contribution in [3.05, 3.63) is 65.9 Å². The molecule has 0 bridgehead atoms. The zero-order valence-corrected chi connectivity index (χ0v) is 15.1. The van der Waals surface area contributed by atoms with Gasteiger partial charge in [0.1, 0.15) is 5.75 Å². The fraction of sp³-hybridized carbons (Fsp3) is 0.250. The number of aromatic nitrogens is 1. The van der Waals surface area contributed by atoms with E-state index in [1.807, 2.05) is 42.6 Å². The Balaban J connectivity index is 1.44. The van der Waals surface area contributed by atoms with E-state index in [9.17, 15) is 4.79 Å². The van der Waals surface area contributed by atoms with Crippen LogP contribution in [0.1, 0.15) is 11.1 Å². The summed E-state index contributed by atoms with van der Waals surface area (Å²) in [6, 6.07) is 16.2. The van der Waals surface area contributed by atoms with E-state index in [0.717, 1.165) is 28.8 Å². The Kier molecular flexibility index (Phi) is 6.01. The number of carbonyl (C=O) groups excluding carboxylic acids is 1. The second-order valence-corrected chi connectivity index (χ2v) is 6.79. The zero-order chi connectivity index (χ0) is 17.5. The first kappa shape index (κ1) is 17.4. The van der Waals surface area contributed by atoms with Crippen molar-refractivity contribution >= 4 is 28.6 Å². The molecule has 2 N–H and O–H groups in total. The molecule has 2 aromatic carbocycles. The fourth-order valence-corrected chi connectivity index (χ4v) is 3.53. The third-order valence-corrected chi connectivity index (χ3v) is 5.04. The average Bonchev–Trinajstić information content (AvgIpc) is 3.05. The van der Waals surface area contributed by atoms with Crippen molar-refractivity contribution in [3.8, 4) is 5.75 Å². The summed E-state index contributed by atoms with van der Waals surface area (Å²) in [5, 5.41) is 4.14. The summed E-state index contributed by atoms with van der Waals surface area (Å²) in [4.78, 5) is 15.2. The maximum Gasteiger partial charge on any atom is 0.230 e. The highest BCUT2D eigenvalue weighted by Crippen LogP contribution is 2.23. The van der Waals surface area contributed by atoms with E-state index in [1.54, 1.807) is 18.9 Å². The summed E-state index contributed by atoms with van der Waals surface area (Å²) >= 11 is 1.64. The Morgan fingerprint density at radius 3 is 2.84 bits per heavy atom. The van der Waals surface area contributed by atoms with Crippen LogP contribution < -0.4 is 10.1 Å². The number of nitrogens with one attached hydrogen (secondary N) is 2. The Bertz CT molecular complexity index is 830. The molecule has 0 fully saturated rings. The lowest BCUT2D eigenvalue weighted by Gasteiger charge is -2.06. The highest BCUT2D eigenvalue weighted by molar-refractivity contribution is 7.99. The minimum absolute atomic E-state index is 0.0818. The summed E-state index contributed by atoms with van der Waals surface area (Å²) in [6.45, 7) is 0.634. The number of hydrogen-bond acceptors (Lipinski definition) is 3. The topological polar surface area (TPSA) is 54.1 Å². The molecule has 0 aliphatic heterocycles. The normalized spacial score (nSPS) is 10.8. The van der Waals surface area contributed by atoms with E-state index in [-0.39, 0.29) is 5.91 Å². The number of hydrogen-bond donors (Lipinski definition) is 2. The molecular weight excluding hydrogens is 332 g/mol. The minimum Gasteiger partial charge on any atom is -0.497 e. The Hall–Kier alpha value is -2.40. The highest BCUT2D eigenvalue weighted by Gasteiger charge is 2.06. The number of benzene rings is 2. The Labute approximate surface area is 152 Å². The lowest BCUT2D eigenvalue weighted by atomic mass is 10.1. The maximum atomic E-state index is 12.0. The molecule has 25 heavy (non-hydrogen) atoms. The lowest BCUT2D eigenvalue weighted by Crippen LogP contribution is -2.27. The zero-order valence-electron chi connectivity index (χ0n) is 14.2. The molecule has 0 aliphatic rings. The first-order valence-corrected chi connectivity index (χ1v) is 9.44. The molecule has 0 unspecified atom stereocenters. The quantitative estimate of drug-likeness (QED) is 0.647. The molecule has 0 atom stereocenters. The first-order valence-electron chi connectivity index (χ1n) is 8.28. The number of aromatic amines is 1. The van der Waals surface area contributed by atoms with Crippen molar-refractivity contribution in [1.29, 1.82) is 0 Å². The van der Waals surface area contributed by atoms with Crippen LogP contribution in [0.5, 0.6) is 5.75 Å². The monoisotopic (exact) mass is 354 g/mol. The SMILES string of the molecule is COc1ccc2[nH]cc(CCNC(=O)CSCc3ccccc3)c2c1. The number of H-pyrrole nitrogens is 1. The number of fused-ring (bicyclic) bond motifs is 1. The van der Waals surface area contributed by atoms with Crippen LogP contribution in [0.4, 0.5) is 0 Å². The van der Waals surface area contributed by atoms with Gasteiger partial charge in [-0.3, -0.25) is 4.79 Å².